The van der Waals surface area contributed by atoms with Crippen LogP contribution in [0.1, 0.15) is 38.9 Å². The Kier molecular flexibility index (Phi) is 2.63. The van der Waals surface area contributed by atoms with Gasteiger partial charge in [-0.25, -0.2) is 0 Å². The molecule has 1 aromatic heterocycles. The fourth-order valence-corrected chi connectivity index (χ4v) is 3.49. The first-order chi connectivity index (χ1) is 11.0. The van der Waals surface area contributed by atoms with Crippen LogP contribution in [0.5, 0.6) is 5.75 Å². The van der Waals surface area contributed by atoms with Gasteiger partial charge >= 0.3 is 0 Å². The van der Waals surface area contributed by atoms with Crippen molar-refractivity contribution in [2.45, 2.75) is 12.5 Å². The molecule has 0 bridgehead atoms. The van der Waals surface area contributed by atoms with Gasteiger partial charge in [0.15, 0.2) is 6.29 Å². The number of carbonyl (C=O) groups excluding carboxylic acids is 2. The van der Waals surface area contributed by atoms with Crippen LogP contribution in [-0.2, 0) is 5.54 Å². The van der Waals surface area contributed by atoms with E-state index in [1.54, 1.807) is 12.1 Å². The zero-order chi connectivity index (χ0) is 16.2. The Morgan fingerprint density at radius 3 is 2.74 bits per heavy atom. The highest BCUT2D eigenvalue weighted by Gasteiger charge is 2.43. The average Bonchev–Trinajstić information content (AvgIpc) is 3.04. The van der Waals surface area contributed by atoms with Crippen molar-refractivity contribution < 1.29 is 14.7 Å². The summed E-state index contributed by atoms with van der Waals surface area (Å²) in [5.74, 6) is -0.136. The first kappa shape index (κ1) is 13.6. The molecule has 0 saturated carbocycles. The third-order valence-electron chi connectivity index (χ3n) is 4.50. The molecule has 0 spiro atoms. The first-order valence-electron chi connectivity index (χ1n) is 7.27. The largest absolute Gasteiger partial charge is 0.508 e. The molecule has 1 amide bonds. The van der Waals surface area contributed by atoms with Crippen LogP contribution in [0.3, 0.4) is 0 Å². The molecule has 0 saturated heterocycles. The number of hydrogen-bond donors (Lipinski definition) is 3. The number of amides is 1. The predicted octanol–water partition coefficient (Wildman–Crippen LogP) is 2.69. The van der Waals surface area contributed by atoms with Gasteiger partial charge in [-0.15, -0.1) is 0 Å². The number of aromatic nitrogens is 1. The fraction of sp³-hybridized carbons (Fsp3) is 0.111. The summed E-state index contributed by atoms with van der Waals surface area (Å²) in [5.41, 5.74) is 2.24. The number of rotatable bonds is 2. The summed E-state index contributed by atoms with van der Waals surface area (Å²) in [4.78, 5) is 27.0. The molecule has 0 radical (unpaired) electrons. The van der Waals surface area contributed by atoms with E-state index in [9.17, 15) is 14.7 Å². The zero-order valence-electron chi connectivity index (χ0n) is 12.4. The van der Waals surface area contributed by atoms with Gasteiger partial charge < -0.3 is 15.4 Å². The predicted molar refractivity (Wildman–Crippen MR) is 85.7 cm³/mol. The SMILES string of the molecule is CC1(c2c(C=O)[nH]c3ccccc23)NC(=O)c2ccc(O)cc21. The van der Waals surface area contributed by atoms with Gasteiger partial charge in [-0.3, -0.25) is 9.59 Å². The molecule has 0 fully saturated rings. The van der Waals surface area contributed by atoms with Crippen LogP contribution in [0, 0.1) is 0 Å². The van der Waals surface area contributed by atoms with Crippen LogP contribution in [0.15, 0.2) is 42.5 Å². The molecule has 1 atom stereocenters. The number of aromatic hydroxyl groups is 1. The van der Waals surface area contributed by atoms with Gasteiger partial charge in [-0.05, 0) is 36.8 Å². The Morgan fingerprint density at radius 2 is 1.96 bits per heavy atom. The smallest absolute Gasteiger partial charge is 0.252 e. The van der Waals surface area contributed by atoms with E-state index < -0.39 is 5.54 Å². The van der Waals surface area contributed by atoms with E-state index in [4.69, 9.17) is 0 Å². The molecule has 114 valence electrons. The van der Waals surface area contributed by atoms with Crippen LogP contribution in [0.25, 0.3) is 10.9 Å². The number of carbonyl (C=O) groups is 2. The highest BCUT2D eigenvalue weighted by atomic mass is 16.3. The summed E-state index contributed by atoms with van der Waals surface area (Å²) in [6.07, 6.45) is 0.757. The van der Waals surface area contributed by atoms with Crippen molar-refractivity contribution in [1.82, 2.24) is 10.3 Å². The molecule has 0 aliphatic carbocycles. The summed E-state index contributed by atoms with van der Waals surface area (Å²) < 4.78 is 0. The van der Waals surface area contributed by atoms with Crippen LogP contribution in [0.2, 0.25) is 0 Å². The number of fused-ring (bicyclic) bond motifs is 2. The molecular formula is C18H14N2O3. The first-order valence-corrected chi connectivity index (χ1v) is 7.27. The zero-order valence-corrected chi connectivity index (χ0v) is 12.4. The molecule has 1 aliphatic rings. The van der Waals surface area contributed by atoms with Gasteiger partial charge in [0.1, 0.15) is 5.75 Å². The number of para-hydroxylation sites is 1. The molecule has 1 aliphatic heterocycles. The van der Waals surface area contributed by atoms with Crippen LogP contribution in [-0.4, -0.2) is 22.3 Å². The minimum absolute atomic E-state index is 0.0824. The summed E-state index contributed by atoms with van der Waals surface area (Å²) in [6, 6.07) is 12.2. The molecule has 3 N–H and O–H groups in total. The topological polar surface area (TPSA) is 82.2 Å². The van der Waals surface area contributed by atoms with E-state index in [-0.39, 0.29) is 11.7 Å². The fourth-order valence-electron chi connectivity index (χ4n) is 3.49. The molecule has 5 nitrogen and oxygen atoms in total. The molecule has 2 heterocycles. The maximum Gasteiger partial charge on any atom is 0.252 e. The Morgan fingerprint density at radius 1 is 1.17 bits per heavy atom. The van der Waals surface area contributed by atoms with E-state index >= 15 is 0 Å². The van der Waals surface area contributed by atoms with Crippen LogP contribution >= 0.6 is 0 Å². The minimum Gasteiger partial charge on any atom is -0.508 e. The number of aromatic amines is 1. The second-order valence-corrected chi connectivity index (χ2v) is 5.89. The summed E-state index contributed by atoms with van der Waals surface area (Å²) in [6.45, 7) is 1.85. The van der Waals surface area contributed by atoms with Crippen molar-refractivity contribution in [3.63, 3.8) is 0 Å². The van der Waals surface area contributed by atoms with Gasteiger partial charge in [0.2, 0.25) is 0 Å². The van der Waals surface area contributed by atoms with Crippen molar-refractivity contribution in [2.75, 3.05) is 0 Å². The highest BCUT2D eigenvalue weighted by molar-refractivity contribution is 6.03. The summed E-state index contributed by atoms with van der Waals surface area (Å²) in [7, 11) is 0. The maximum atomic E-state index is 12.3. The normalized spacial score (nSPS) is 19.6. The van der Waals surface area contributed by atoms with Crippen molar-refractivity contribution in [1.29, 1.82) is 0 Å². The highest BCUT2D eigenvalue weighted by Crippen LogP contribution is 2.42. The molecular weight excluding hydrogens is 292 g/mol. The second-order valence-electron chi connectivity index (χ2n) is 5.89. The quantitative estimate of drug-likeness (QED) is 0.637. The van der Waals surface area contributed by atoms with Gasteiger partial charge in [0.25, 0.3) is 5.91 Å². The third kappa shape index (κ3) is 1.73. The monoisotopic (exact) mass is 306 g/mol. The second kappa shape index (κ2) is 4.46. The molecule has 5 heteroatoms. The van der Waals surface area contributed by atoms with Crippen molar-refractivity contribution >= 4 is 23.1 Å². The number of phenols is 1. The summed E-state index contributed by atoms with van der Waals surface area (Å²) in [5, 5.41) is 13.7. The minimum atomic E-state index is -0.888. The third-order valence-corrected chi connectivity index (χ3v) is 4.50. The molecule has 2 aromatic carbocycles. The lowest BCUT2D eigenvalue weighted by atomic mass is 9.83. The van der Waals surface area contributed by atoms with Crippen molar-refractivity contribution in [3.05, 3.63) is 64.8 Å². The van der Waals surface area contributed by atoms with Gasteiger partial charge in [0.05, 0.1) is 11.2 Å². The van der Waals surface area contributed by atoms with Crippen molar-refractivity contribution in [2.24, 2.45) is 0 Å². The van der Waals surface area contributed by atoms with E-state index in [1.807, 2.05) is 31.2 Å². The number of nitrogens with one attached hydrogen (secondary N) is 2. The maximum absolute atomic E-state index is 12.3. The van der Waals surface area contributed by atoms with E-state index in [1.165, 1.54) is 6.07 Å². The molecule has 4 rings (SSSR count). The average molecular weight is 306 g/mol. The number of aldehydes is 1. The number of phenolic OH excluding ortho intramolecular Hbond substituents is 1. The Balaban J connectivity index is 2.08. The van der Waals surface area contributed by atoms with Crippen LogP contribution < -0.4 is 5.32 Å². The summed E-state index contributed by atoms with van der Waals surface area (Å²) >= 11 is 0. The number of H-pyrrole nitrogens is 1. The standard InChI is InChI=1S/C18H14N2O3/c1-18(13-8-10(22)6-7-11(13)17(23)20-18)16-12-4-2-3-5-14(12)19-15(16)9-21/h2-9,19,22H,1H3,(H,20,23). The Hall–Kier alpha value is -3.08. The van der Waals surface area contributed by atoms with Gasteiger partial charge in [-0.2, -0.15) is 0 Å². The van der Waals surface area contributed by atoms with E-state index in [2.05, 4.69) is 10.3 Å². The van der Waals surface area contributed by atoms with Crippen molar-refractivity contribution in [3.8, 4) is 5.75 Å². The molecule has 1 unspecified atom stereocenters. The van der Waals surface area contributed by atoms with E-state index in [0.29, 0.717) is 22.4 Å². The lowest BCUT2D eigenvalue weighted by Gasteiger charge is -2.26. The number of benzene rings is 2. The Labute approximate surface area is 132 Å². The Bertz CT molecular complexity index is 974. The lowest BCUT2D eigenvalue weighted by Crippen LogP contribution is -2.38. The lowest BCUT2D eigenvalue weighted by molar-refractivity contribution is 0.0943. The molecule has 3 aromatic rings. The van der Waals surface area contributed by atoms with E-state index in [0.717, 1.165) is 17.2 Å². The number of hydrogen-bond acceptors (Lipinski definition) is 3. The van der Waals surface area contributed by atoms with Crippen LogP contribution in [0.4, 0.5) is 0 Å². The van der Waals surface area contributed by atoms with Gasteiger partial charge in [0, 0.05) is 22.0 Å². The van der Waals surface area contributed by atoms with Gasteiger partial charge in [-0.1, -0.05) is 18.2 Å². The molecule has 23 heavy (non-hydrogen) atoms.